The summed E-state index contributed by atoms with van der Waals surface area (Å²) >= 11 is 6.03. The van der Waals surface area contributed by atoms with E-state index >= 15 is 0 Å². The van der Waals surface area contributed by atoms with Gasteiger partial charge >= 0.3 is 12.1 Å². The molecule has 2 aromatic heterocycles. The minimum Gasteiger partial charge on any atom is -0.458 e. The molecule has 31 heavy (non-hydrogen) atoms. The van der Waals surface area contributed by atoms with E-state index in [4.69, 9.17) is 16.3 Å². The van der Waals surface area contributed by atoms with Crippen molar-refractivity contribution >= 4 is 29.1 Å². The van der Waals surface area contributed by atoms with Crippen LogP contribution in [0.4, 0.5) is 13.2 Å². The lowest BCUT2D eigenvalue weighted by Crippen LogP contribution is -2.30. The molecular weight excluding hydrogens is 435 g/mol. The van der Waals surface area contributed by atoms with E-state index in [1.54, 1.807) is 30.3 Å². The fourth-order valence-electron chi connectivity index (χ4n) is 2.97. The number of aromatic nitrogens is 2. The predicted octanol–water partition coefficient (Wildman–Crippen LogP) is 4.60. The lowest BCUT2D eigenvalue weighted by atomic mass is 10.1. The van der Waals surface area contributed by atoms with Gasteiger partial charge in [-0.1, -0.05) is 43.6 Å². The maximum Gasteiger partial charge on any atom is 0.417 e. The zero-order valence-electron chi connectivity index (χ0n) is 16.7. The number of nitrogens with one attached hydrogen (secondary N) is 1. The number of carbonyl (C=O) groups excluding carboxylic acids is 2. The van der Waals surface area contributed by atoms with E-state index in [0.717, 1.165) is 12.3 Å². The van der Waals surface area contributed by atoms with Gasteiger partial charge in [0.1, 0.15) is 13.2 Å². The van der Waals surface area contributed by atoms with E-state index in [1.807, 2.05) is 13.8 Å². The molecule has 1 aromatic carbocycles. The first-order valence-corrected chi connectivity index (χ1v) is 9.72. The Kier molecular flexibility index (Phi) is 6.54. The standard InChI is InChI=1S/C21H19ClF3N3O3/c1-12(2)18-16(28-10-14(21(23,24)25)8-15(22)19(28)27-18)11-31-17(29)9-26-20(30)13-6-4-3-5-7-13/h3-8,10,12H,9,11H2,1-2H3,(H,26,30). The Bertz CT molecular complexity index is 1110. The third-order valence-electron chi connectivity index (χ3n) is 4.48. The van der Waals surface area contributed by atoms with Crippen LogP contribution in [0.25, 0.3) is 5.65 Å². The average molecular weight is 454 g/mol. The highest BCUT2D eigenvalue weighted by molar-refractivity contribution is 6.33. The molecular formula is C21H19ClF3N3O3. The number of amides is 1. The van der Waals surface area contributed by atoms with Crippen LogP contribution in [0.5, 0.6) is 0 Å². The van der Waals surface area contributed by atoms with Crippen LogP contribution in [0.2, 0.25) is 5.02 Å². The number of nitrogens with zero attached hydrogens (tertiary/aromatic N) is 2. The zero-order valence-corrected chi connectivity index (χ0v) is 17.4. The summed E-state index contributed by atoms with van der Waals surface area (Å²) in [6, 6.07) is 9.12. The van der Waals surface area contributed by atoms with E-state index in [2.05, 4.69) is 10.3 Å². The SMILES string of the molecule is CC(C)c1nc2c(Cl)cc(C(F)(F)F)cn2c1COC(=O)CNC(=O)c1ccccc1. The average Bonchev–Trinajstić information content (AvgIpc) is 3.10. The van der Waals surface area contributed by atoms with Crippen molar-refractivity contribution in [2.75, 3.05) is 6.54 Å². The molecule has 3 rings (SSSR count). The fraction of sp³-hybridized carbons (Fsp3) is 0.286. The van der Waals surface area contributed by atoms with Gasteiger partial charge in [-0.25, -0.2) is 4.98 Å². The number of halogens is 4. The quantitative estimate of drug-likeness (QED) is 0.553. The van der Waals surface area contributed by atoms with E-state index < -0.39 is 30.2 Å². The van der Waals surface area contributed by atoms with Gasteiger partial charge in [0, 0.05) is 11.8 Å². The van der Waals surface area contributed by atoms with Crippen molar-refractivity contribution in [3.63, 3.8) is 0 Å². The number of imidazole rings is 1. The smallest absolute Gasteiger partial charge is 0.417 e. The Labute approximate surface area is 181 Å². The molecule has 0 fully saturated rings. The summed E-state index contributed by atoms with van der Waals surface area (Å²) in [6.07, 6.45) is -3.73. The minimum atomic E-state index is -4.60. The Balaban J connectivity index is 1.78. The number of esters is 1. The Morgan fingerprint density at radius 2 is 1.90 bits per heavy atom. The molecule has 0 radical (unpaired) electrons. The first kappa shape index (κ1) is 22.6. The lowest BCUT2D eigenvalue weighted by Gasteiger charge is -2.12. The Hall–Kier alpha value is -3.07. The normalized spacial score (nSPS) is 11.7. The summed E-state index contributed by atoms with van der Waals surface area (Å²) in [7, 11) is 0. The highest BCUT2D eigenvalue weighted by Gasteiger charge is 2.32. The topological polar surface area (TPSA) is 72.7 Å². The second-order valence-corrected chi connectivity index (χ2v) is 7.48. The number of pyridine rings is 1. The molecule has 2 heterocycles. The van der Waals surface area contributed by atoms with Crippen LogP contribution in [-0.4, -0.2) is 27.8 Å². The fourth-order valence-corrected chi connectivity index (χ4v) is 3.22. The van der Waals surface area contributed by atoms with Crippen molar-refractivity contribution in [1.29, 1.82) is 0 Å². The van der Waals surface area contributed by atoms with Gasteiger partial charge in [0.25, 0.3) is 5.91 Å². The van der Waals surface area contributed by atoms with Crippen molar-refractivity contribution in [2.45, 2.75) is 32.5 Å². The number of ether oxygens (including phenoxy) is 1. The van der Waals surface area contributed by atoms with E-state index in [-0.39, 0.29) is 28.9 Å². The van der Waals surface area contributed by atoms with Crippen LogP contribution >= 0.6 is 11.6 Å². The van der Waals surface area contributed by atoms with Crippen LogP contribution in [0.1, 0.15) is 47.1 Å². The van der Waals surface area contributed by atoms with Crippen LogP contribution < -0.4 is 5.32 Å². The maximum absolute atomic E-state index is 13.2. The van der Waals surface area contributed by atoms with Gasteiger partial charge in [0.05, 0.1) is 22.0 Å². The van der Waals surface area contributed by atoms with Crippen LogP contribution in [-0.2, 0) is 22.3 Å². The number of hydrogen-bond acceptors (Lipinski definition) is 4. The number of carbonyl (C=O) groups is 2. The van der Waals surface area contributed by atoms with Gasteiger partial charge in [-0.15, -0.1) is 0 Å². The molecule has 0 aliphatic heterocycles. The molecule has 0 aliphatic rings. The molecule has 0 unspecified atom stereocenters. The molecule has 0 aliphatic carbocycles. The Morgan fingerprint density at radius 3 is 2.52 bits per heavy atom. The summed E-state index contributed by atoms with van der Waals surface area (Å²) in [5, 5.41) is 2.27. The Morgan fingerprint density at radius 1 is 1.23 bits per heavy atom. The first-order chi connectivity index (χ1) is 14.6. The molecule has 0 saturated heterocycles. The molecule has 0 bridgehead atoms. The summed E-state index contributed by atoms with van der Waals surface area (Å²) < 4.78 is 46.0. The van der Waals surface area contributed by atoms with Crippen molar-refractivity contribution < 1.29 is 27.5 Å². The summed E-state index contributed by atoms with van der Waals surface area (Å²) in [4.78, 5) is 28.5. The zero-order chi connectivity index (χ0) is 22.8. The van der Waals surface area contributed by atoms with Gasteiger partial charge < -0.3 is 10.1 Å². The van der Waals surface area contributed by atoms with Gasteiger partial charge in [-0.3, -0.25) is 14.0 Å². The van der Waals surface area contributed by atoms with Gasteiger partial charge in [0.2, 0.25) is 0 Å². The highest BCUT2D eigenvalue weighted by atomic mass is 35.5. The van der Waals surface area contributed by atoms with Gasteiger partial charge in [0.15, 0.2) is 5.65 Å². The number of fused-ring (bicyclic) bond motifs is 1. The molecule has 1 N–H and O–H groups in total. The molecule has 3 aromatic rings. The van der Waals surface area contributed by atoms with Crippen molar-refractivity contribution in [1.82, 2.24) is 14.7 Å². The van der Waals surface area contributed by atoms with Crippen LogP contribution in [0.15, 0.2) is 42.6 Å². The predicted molar refractivity (Wildman–Crippen MR) is 108 cm³/mol. The van der Waals surface area contributed by atoms with Crippen LogP contribution in [0, 0.1) is 0 Å². The summed E-state index contributed by atoms with van der Waals surface area (Å²) in [5.41, 5.74) is 0.318. The molecule has 0 atom stereocenters. The molecule has 164 valence electrons. The maximum atomic E-state index is 13.2. The van der Waals surface area contributed by atoms with Gasteiger partial charge in [-0.05, 0) is 24.1 Å². The van der Waals surface area contributed by atoms with Crippen molar-refractivity contribution in [2.24, 2.45) is 0 Å². The minimum absolute atomic E-state index is 0.141. The lowest BCUT2D eigenvalue weighted by molar-refractivity contribution is -0.144. The monoisotopic (exact) mass is 453 g/mol. The van der Waals surface area contributed by atoms with Crippen LogP contribution in [0.3, 0.4) is 0 Å². The van der Waals surface area contributed by atoms with Crippen molar-refractivity contribution in [3.8, 4) is 0 Å². The third kappa shape index (κ3) is 5.16. The number of hydrogen-bond donors (Lipinski definition) is 1. The van der Waals surface area contributed by atoms with Crippen molar-refractivity contribution in [3.05, 3.63) is 70.1 Å². The highest BCUT2D eigenvalue weighted by Crippen LogP contribution is 2.34. The largest absolute Gasteiger partial charge is 0.458 e. The third-order valence-corrected chi connectivity index (χ3v) is 4.76. The summed E-state index contributed by atoms with van der Waals surface area (Å²) in [5.74, 6) is -1.35. The first-order valence-electron chi connectivity index (χ1n) is 9.34. The number of rotatable bonds is 6. The van der Waals surface area contributed by atoms with E-state index in [9.17, 15) is 22.8 Å². The molecule has 0 saturated carbocycles. The van der Waals surface area contributed by atoms with Gasteiger partial charge in [-0.2, -0.15) is 13.2 Å². The molecule has 6 nitrogen and oxygen atoms in total. The molecule has 10 heteroatoms. The molecule has 1 amide bonds. The molecule has 0 spiro atoms. The van der Waals surface area contributed by atoms with E-state index in [0.29, 0.717) is 11.3 Å². The second kappa shape index (κ2) is 8.97. The number of benzene rings is 1. The second-order valence-electron chi connectivity index (χ2n) is 7.08. The number of alkyl halides is 3. The summed E-state index contributed by atoms with van der Waals surface area (Å²) in [6.45, 7) is 2.90. The van der Waals surface area contributed by atoms with E-state index in [1.165, 1.54) is 4.40 Å².